The molecule has 0 aliphatic heterocycles. The van der Waals surface area contributed by atoms with Crippen LogP contribution in [0.25, 0.3) is 0 Å². The molecular formula is C15H24ClN. The average Bonchev–Trinajstić information content (AvgIpc) is 2.15. The zero-order chi connectivity index (χ0) is 13.1. The van der Waals surface area contributed by atoms with Crippen molar-refractivity contribution in [1.29, 1.82) is 0 Å². The molecular weight excluding hydrogens is 230 g/mol. The van der Waals surface area contributed by atoms with E-state index in [0.29, 0.717) is 0 Å². The van der Waals surface area contributed by atoms with E-state index >= 15 is 0 Å². The van der Waals surface area contributed by atoms with Gasteiger partial charge in [-0.3, -0.25) is 0 Å². The molecule has 0 unspecified atom stereocenters. The highest BCUT2D eigenvalue weighted by atomic mass is 35.5. The monoisotopic (exact) mass is 253 g/mol. The molecule has 0 radical (unpaired) electrons. The molecule has 17 heavy (non-hydrogen) atoms. The summed E-state index contributed by atoms with van der Waals surface area (Å²) in [4.78, 5) is 0. The van der Waals surface area contributed by atoms with Gasteiger partial charge in [0, 0.05) is 10.6 Å². The molecule has 0 spiro atoms. The molecule has 1 rings (SSSR count). The van der Waals surface area contributed by atoms with Crippen molar-refractivity contribution in [3.8, 4) is 0 Å². The number of nitrogens with one attached hydrogen (secondary N) is 1. The highest BCUT2D eigenvalue weighted by Crippen LogP contribution is 2.32. The smallest absolute Gasteiger partial charge is 0.0443 e. The van der Waals surface area contributed by atoms with Gasteiger partial charge in [-0.1, -0.05) is 43.6 Å². The number of benzene rings is 1. The van der Waals surface area contributed by atoms with Crippen LogP contribution < -0.4 is 5.32 Å². The second-order valence-corrected chi connectivity index (χ2v) is 6.70. The van der Waals surface area contributed by atoms with Crippen LogP contribution in [0.5, 0.6) is 0 Å². The maximum Gasteiger partial charge on any atom is 0.0443 e. The Hall–Kier alpha value is -0.530. The largest absolute Gasteiger partial charge is 0.312 e. The van der Waals surface area contributed by atoms with Gasteiger partial charge < -0.3 is 5.32 Å². The van der Waals surface area contributed by atoms with Crippen molar-refractivity contribution in [3.63, 3.8) is 0 Å². The lowest BCUT2D eigenvalue weighted by Crippen LogP contribution is -2.38. The van der Waals surface area contributed by atoms with Crippen LogP contribution in [0.1, 0.15) is 46.6 Å². The Kier molecular flexibility index (Phi) is 4.62. The average molecular weight is 254 g/mol. The predicted molar refractivity (Wildman–Crippen MR) is 76.9 cm³/mol. The van der Waals surface area contributed by atoms with E-state index in [4.69, 9.17) is 11.6 Å². The molecule has 0 saturated heterocycles. The molecule has 0 aliphatic carbocycles. The van der Waals surface area contributed by atoms with Gasteiger partial charge in [0.1, 0.15) is 0 Å². The summed E-state index contributed by atoms with van der Waals surface area (Å²) in [5, 5.41) is 4.39. The number of hydrogen-bond acceptors (Lipinski definition) is 1. The van der Waals surface area contributed by atoms with Gasteiger partial charge >= 0.3 is 0 Å². The molecule has 0 atom stereocenters. The summed E-state index contributed by atoms with van der Waals surface area (Å²) in [5.74, 6) is 0. The minimum atomic E-state index is 0.108. The molecule has 1 nitrogen and oxygen atoms in total. The predicted octanol–water partition coefficient (Wildman–Crippen LogP) is 4.40. The molecule has 96 valence electrons. The van der Waals surface area contributed by atoms with Gasteiger partial charge in [-0.05, 0) is 50.8 Å². The Morgan fingerprint density at radius 3 is 2.18 bits per heavy atom. The van der Waals surface area contributed by atoms with Gasteiger partial charge in [-0.25, -0.2) is 0 Å². The van der Waals surface area contributed by atoms with Crippen molar-refractivity contribution in [2.75, 3.05) is 6.54 Å². The van der Waals surface area contributed by atoms with E-state index in [1.165, 1.54) is 5.56 Å². The van der Waals surface area contributed by atoms with Crippen LogP contribution in [-0.4, -0.2) is 12.1 Å². The zero-order valence-corrected chi connectivity index (χ0v) is 12.4. The molecule has 0 aliphatic rings. The number of halogens is 1. The summed E-state index contributed by atoms with van der Waals surface area (Å²) in [6.45, 7) is 12.1. The first kappa shape index (κ1) is 14.5. The summed E-state index contributed by atoms with van der Waals surface area (Å²) >= 11 is 6.26. The maximum atomic E-state index is 6.26. The van der Waals surface area contributed by atoms with Crippen molar-refractivity contribution >= 4 is 11.6 Å². The van der Waals surface area contributed by atoms with Crippen molar-refractivity contribution < 1.29 is 0 Å². The molecule has 0 amide bonds. The van der Waals surface area contributed by atoms with Gasteiger partial charge in [-0.2, -0.15) is 0 Å². The SMILES string of the molecule is CC(C)(C)NCCC(C)(C)c1ccccc1Cl. The lowest BCUT2D eigenvalue weighted by atomic mass is 9.81. The Bertz CT molecular complexity index is 363. The van der Waals surface area contributed by atoms with Crippen LogP contribution in [0.4, 0.5) is 0 Å². The molecule has 1 N–H and O–H groups in total. The second-order valence-electron chi connectivity index (χ2n) is 6.29. The Labute approximate surface area is 111 Å². The lowest BCUT2D eigenvalue weighted by molar-refractivity contribution is 0.379. The fraction of sp³-hybridized carbons (Fsp3) is 0.600. The molecule has 1 aromatic rings. The summed E-state index contributed by atoms with van der Waals surface area (Å²) in [6.07, 6.45) is 1.08. The molecule has 0 heterocycles. The Morgan fingerprint density at radius 1 is 1.06 bits per heavy atom. The first-order chi connectivity index (χ1) is 7.72. The summed E-state index contributed by atoms with van der Waals surface area (Å²) in [6, 6.07) is 8.13. The topological polar surface area (TPSA) is 12.0 Å². The minimum Gasteiger partial charge on any atom is -0.312 e. The molecule has 0 bridgehead atoms. The van der Waals surface area contributed by atoms with Gasteiger partial charge in [0.25, 0.3) is 0 Å². The van der Waals surface area contributed by atoms with Gasteiger partial charge in [0.2, 0.25) is 0 Å². The normalized spacial score (nSPS) is 12.8. The standard InChI is InChI=1S/C15H24ClN/c1-14(2,3)17-11-10-15(4,5)12-8-6-7-9-13(12)16/h6-9,17H,10-11H2,1-5H3. The van der Waals surface area contributed by atoms with Crippen LogP contribution in [0.3, 0.4) is 0 Å². The first-order valence-electron chi connectivity index (χ1n) is 6.22. The maximum absolute atomic E-state index is 6.26. The zero-order valence-electron chi connectivity index (χ0n) is 11.6. The van der Waals surface area contributed by atoms with Crippen LogP contribution in [-0.2, 0) is 5.41 Å². The summed E-state index contributed by atoms with van der Waals surface area (Å²) in [7, 11) is 0. The molecule has 0 fully saturated rings. The van der Waals surface area contributed by atoms with Crippen LogP contribution in [0.2, 0.25) is 5.02 Å². The van der Waals surface area contributed by atoms with Crippen molar-refractivity contribution in [2.45, 2.75) is 52.0 Å². The third-order valence-electron chi connectivity index (χ3n) is 3.01. The van der Waals surface area contributed by atoms with E-state index < -0.39 is 0 Å². The van der Waals surface area contributed by atoms with E-state index in [9.17, 15) is 0 Å². The second kappa shape index (κ2) is 5.41. The molecule has 0 saturated carbocycles. The molecule has 1 aromatic carbocycles. The highest BCUT2D eigenvalue weighted by molar-refractivity contribution is 6.31. The Balaban J connectivity index is 2.66. The van der Waals surface area contributed by atoms with Crippen LogP contribution >= 0.6 is 11.6 Å². The van der Waals surface area contributed by atoms with Gasteiger partial charge in [0.15, 0.2) is 0 Å². The van der Waals surface area contributed by atoms with E-state index in [1.807, 2.05) is 12.1 Å². The lowest BCUT2D eigenvalue weighted by Gasteiger charge is -2.29. The van der Waals surface area contributed by atoms with E-state index in [1.54, 1.807) is 0 Å². The molecule has 2 heteroatoms. The molecule has 0 aromatic heterocycles. The van der Waals surface area contributed by atoms with Gasteiger partial charge in [0.05, 0.1) is 0 Å². The van der Waals surface area contributed by atoms with E-state index in [2.05, 4.69) is 52.1 Å². The summed E-state index contributed by atoms with van der Waals surface area (Å²) < 4.78 is 0. The quantitative estimate of drug-likeness (QED) is 0.839. The third-order valence-corrected chi connectivity index (χ3v) is 3.34. The first-order valence-corrected chi connectivity index (χ1v) is 6.60. The van der Waals surface area contributed by atoms with E-state index in [0.717, 1.165) is 18.0 Å². The van der Waals surface area contributed by atoms with Gasteiger partial charge in [-0.15, -0.1) is 0 Å². The number of hydrogen-bond donors (Lipinski definition) is 1. The highest BCUT2D eigenvalue weighted by Gasteiger charge is 2.23. The van der Waals surface area contributed by atoms with Crippen molar-refractivity contribution in [1.82, 2.24) is 5.32 Å². The van der Waals surface area contributed by atoms with Crippen LogP contribution in [0.15, 0.2) is 24.3 Å². The fourth-order valence-corrected chi connectivity index (χ4v) is 2.29. The summed E-state index contributed by atoms with van der Waals surface area (Å²) in [5.41, 5.74) is 1.52. The fourth-order valence-electron chi connectivity index (χ4n) is 1.89. The Morgan fingerprint density at radius 2 is 1.65 bits per heavy atom. The third kappa shape index (κ3) is 4.69. The van der Waals surface area contributed by atoms with E-state index in [-0.39, 0.29) is 11.0 Å². The van der Waals surface area contributed by atoms with Crippen molar-refractivity contribution in [3.05, 3.63) is 34.9 Å². The minimum absolute atomic E-state index is 0.108. The number of rotatable bonds is 4. The van der Waals surface area contributed by atoms with Crippen LogP contribution in [0, 0.1) is 0 Å². The van der Waals surface area contributed by atoms with Crippen molar-refractivity contribution in [2.24, 2.45) is 0 Å².